The van der Waals surface area contributed by atoms with Gasteiger partial charge in [-0.25, -0.2) is 0 Å². The molecule has 1 atom stereocenters. The number of aliphatic hydroxyl groups is 1. The van der Waals surface area contributed by atoms with Crippen molar-refractivity contribution in [3.05, 3.63) is 70.3 Å². The highest BCUT2D eigenvalue weighted by atomic mass is 35.5. The molecule has 2 aliphatic heterocycles. The van der Waals surface area contributed by atoms with Crippen LogP contribution in [0.25, 0.3) is 5.76 Å². The van der Waals surface area contributed by atoms with Gasteiger partial charge in [0, 0.05) is 31.2 Å². The first kappa shape index (κ1) is 22.3. The van der Waals surface area contributed by atoms with Gasteiger partial charge in [0.25, 0.3) is 11.7 Å². The highest BCUT2D eigenvalue weighted by Gasteiger charge is 2.46. The fourth-order valence-corrected chi connectivity index (χ4v) is 4.34. The first-order valence-corrected chi connectivity index (χ1v) is 11.0. The minimum atomic E-state index is -0.767. The van der Waals surface area contributed by atoms with Crippen LogP contribution in [0.15, 0.2) is 54.1 Å². The van der Waals surface area contributed by atoms with Crippen molar-refractivity contribution < 1.29 is 24.5 Å². The summed E-state index contributed by atoms with van der Waals surface area (Å²) >= 11 is 6.04. The Morgan fingerprint density at radius 1 is 1.03 bits per heavy atom. The molecular formula is C24H25ClN2O5. The lowest BCUT2D eigenvalue weighted by atomic mass is 9.95. The average Bonchev–Trinajstić information content (AvgIpc) is 3.05. The maximum absolute atomic E-state index is 13.0. The number of phenolic OH excluding ortho intramolecular Hbond substituents is 1. The number of benzene rings is 2. The molecule has 0 bridgehead atoms. The maximum Gasteiger partial charge on any atom is 0.295 e. The van der Waals surface area contributed by atoms with Crippen LogP contribution in [0.5, 0.6) is 5.75 Å². The minimum absolute atomic E-state index is 0.0369. The number of hydrogen-bond donors (Lipinski definition) is 2. The molecule has 0 aliphatic carbocycles. The van der Waals surface area contributed by atoms with Crippen molar-refractivity contribution in [3.63, 3.8) is 0 Å². The molecule has 0 radical (unpaired) electrons. The number of likely N-dealkylation sites (tertiary alicyclic amines) is 1. The number of aromatic hydroxyl groups is 1. The van der Waals surface area contributed by atoms with Crippen LogP contribution in [-0.4, -0.2) is 71.1 Å². The number of ketones is 1. The Bertz CT molecular complexity index is 1030. The topological polar surface area (TPSA) is 90.3 Å². The highest BCUT2D eigenvalue weighted by molar-refractivity contribution is 6.46. The van der Waals surface area contributed by atoms with Crippen LogP contribution in [-0.2, 0) is 14.3 Å². The van der Waals surface area contributed by atoms with E-state index < -0.39 is 23.5 Å². The van der Waals surface area contributed by atoms with Crippen molar-refractivity contribution in [2.45, 2.75) is 12.5 Å². The van der Waals surface area contributed by atoms with Gasteiger partial charge < -0.3 is 19.8 Å². The van der Waals surface area contributed by atoms with Crippen molar-refractivity contribution >= 4 is 29.1 Å². The zero-order chi connectivity index (χ0) is 22.7. The molecular weight excluding hydrogens is 432 g/mol. The summed E-state index contributed by atoms with van der Waals surface area (Å²) in [6.07, 6.45) is 0.674. The second kappa shape index (κ2) is 9.73. The summed E-state index contributed by atoms with van der Waals surface area (Å²) < 4.78 is 5.37. The summed E-state index contributed by atoms with van der Waals surface area (Å²) in [4.78, 5) is 29.8. The summed E-state index contributed by atoms with van der Waals surface area (Å²) in [5, 5.41) is 21.7. The standard InChI is InChI=1S/C24H25ClN2O5/c25-17-8-6-16(7-9-17)21-20(22(29)18-4-1-2-5-19(18)28)23(30)24(31)27(21)11-3-10-26-12-14-32-15-13-26/h1-2,4-9,21,28-29H,3,10-15H2/t21-/m1/s1. The number of carbonyl (C=O) groups excluding carboxylic acids is 2. The Kier molecular flexibility index (Phi) is 6.79. The third-order valence-corrected chi connectivity index (χ3v) is 6.11. The molecule has 2 aliphatic rings. The van der Waals surface area contributed by atoms with Gasteiger partial charge in [0.2, 0.25) is 0 Å². The van der Waals surface area contributed by atoms with E-state index in [9.17, 15) is 19.8 Å². The number of para-hydroxylation sites is 1. The molecule has 2 N–H and O–H groups in total. The largest absolute Gasteiger partial charge is 0.507 e. The number of rotatable bonds is 6. The molecule has 0 spiro atoms. The third kappa shape index (κ3) is 4.50. The number of ether oxygens (including phenoxy) is 1. The molecule has 0 aromatic heterocycles. The van der Waals surface area contributed by atoms with E-state index in [0.717, 1.165) is 19.6 Å². The number of Topliss-reactive ketones (excluding diaryl/α,β-unsaturated/α-hetero) is 1. The second-order valence-corrected chi connectivity index (χ2v) is 8.31. The van der Waals surface area contributed by atoms with Crippen LogP contribution >= 0.6 is 11.6 Å². The Hall–Kier alpha value is -2.87. The van der Waals surface area contributed by atoms with Crippen LogP contribution in [0.4, 0.5) is 0 Å². The molecule has 4 rings (SSSR count). The molecule has 2 fully saturated rings. The first-order chi connectivity index (χ1) is 15.5. The molecule has 2 aromatic carbocycles. The van der Waals surface area contributed by atoms with E-state index in [1.54, 1.807) is 36.4 Å². The monoisotopic (exact) mass is 456 g/mol. The van der Waals surface area contributed by atoms with Gasteiger partial charge >= 0.3 is 0 Å². The summed E-state index contributed by atoms with van der Waals surface area (Å²) in [5.41, 5.74) is 0.736. The van der Waals surface area contributed by atoms with E-state index in [-0.39, 0.29) is 16.9 Å². The quantitative estimate of drug-likeness (QED) is 0.394. The average molecular weight is 457 g/mol. The molecule has 7 nitrogen and oxygen atoms in total. The van der Waals surface area contributed by atoms with Crippen LogP contribution in [0.1, 0.15) is 23.6 Å². The molecule has 8 heteroatoms. The normalized spacial score (nSPS) is 21.3. The Morgan fingerprint density at radius 3 is 2.41 bits per heavy atom. The number of halogens is 1. The van der Waals surface area contributed by atoms with Gasteiger partial charge in [0.1, 0.15) is 11.5 Å². The molecule has 1 amide bonds. The molecule has 2 heterocycles. The number of aliphatic hydroxyl groups excluding tert-OH is 1. The van der Waals surface area contributed by atoms with Crippen molar-refractivity contribution in [3.8, 4) is 5.75 Å². The number of nitrogens with zero attached hydrogens (tertiary/aromatic N) is 2. The number of morpholine rings is 1. The predicted molar refractivity (Wildman–Crippen MR) is 120 cm³/mol. The summed E-state index contributed by atoms with van der Waals surface area (Å²) in [6, 6.07) is 12.3. The molecule has 2 saturated heterocycles. The third-order valence-electron chi connectivity index (χ3n) is 5.86. The summed E-state index contributed by atoms with van der Waals surface area (Å²) in [5.74, 6) is -1.99. The lowest BCUT2D eigenvalue weighted by Crippen LogP contribution is -2.38. The first-order valence-electron chi connectivity index (χ1n) is 10.6. The lowest BCUT2D eigenvalue weighted by Gasteiger charge is -2.29. The molecule has 2 aromatic rings. The predicted octanol–water partition coefficient (Wildman–Crippen LogP) is 3.19. The van der Waals surface area contributed by atoms with E-state index in [1.165, 1.54) is 17.0 Å². The van der Waals surface area contributed by atoms with E-state index in [1.807, 2.05) is 0 Å². The number of hydrogen-bond acceptors (Lipinski definition) is 6. The highest BCUT2D eigenvalue weighted by Crippen LogP contribution is 2.41. The van der Waals surface area contributed by atoms with E-state index in [0.29, 0.717) is 36.8 Å². The Labute approximate surface area is 191 Å². The molecule has 32 heavy (non-hydrogen) atoms. The van der Waals surface area contributed by atoms with Gasteiger partial charge in [-0.3, -0.25) is 14.5 Å². The number of amides is 1. The lowest BCUT2D eigenvalue weighted by molar-refractivity contribution is -0.140. The Morgan fingerprint density at radius 2 is 1.72 bits per heavy atom. The minimum Gasteiger partial charge on any atom is -0.507 e. The number of phenols is 1. The van der Waals surface area contributed by atoms with Gasteiger partial charge in [0.05, 0.1) is 30.4 Å². The maximum atomic E-state index is 13.0. The van der Waals surface area contributed by atoms with Crippen molar-refractivity contribution in [1.29, 1.82) is 0 Å². The van der Waals surface area contributed by atoms with Gasteiger partial charge in [-0.05, 0) is 36.2 Å². The number of carbonyl (C=O) groups is 2. The van der Waals surface area contributed by atoms with E-state index in [4.69, 9.17) is 16.3 Å². The summed E-state index contributed by atoms with van der Waals surface area (Å²) in [6.45, 7) is 4.19. The Balaban J connectivity index is 1.68. The fraction of sp³-hybridized carbons (Fsp3) is 0.333. The molecule has 0 unspecified atom stereocenters. The fourth-order valence-electron chi connectivity index (χ4n) is 4.21. The second-order valence-electron chi connectivity index (χ2n) is 7.87. The van der Waals surface area contributed by atoms with Gasteiger partial charge in [0.15, 0.2) is 0 Å². The van der Waals surface area contributed by atoms with Crippen LogP contribution < -0.4 is 0 Å². The van der Waals surface area contributed by atoms with Crippen LogP contribution in [0.3, 0.4) is 0 Å². The SMILES string of the molecule is O=C1C(=O)N(CCCN2CCOCC2)[C@H](c2ccc(Cl)cc2)C1=C(O)c1ccccc1O. The van der Waals surface area contributed by atoms with Gasteiger partial charge in [-0.2, -0.15) is 0 Å². The molecule has 168 valence electrons. The van der Waals surface area contributed by atoms with Gasteiger partial charge in [-0.1, -0.05) is 35.9 Å². The van der Waals surface area contributed by atoms with Gasteiger partial charge in [-0.15, -0.1) is 0 Å². The van der Waals surface area contributed by atoms with Crippen molar-refractivity contribution in [1.82, 2.24) is 9.80 Å². The van der Waals surface area contributed by atoms with Crippen LogP contribution in [0, 0.1) is 0 Å². The smallest absolute Gasteiger partial charge is 0.295 e. The summed E-state index contributed by atoms with van der Waals surface area (Å²) in [7, 11) is 0. The zero-order valence-electron chi connectivity index (χ0n) is 17.5. The zero-order valence-corrected chi connectivity index (χ0v) is 18.3. The van der Waals surface area contributed by atoms with Crippen molar-refractivity contribution in [2.24, 2.45) is 0 Å². The van der Waals surface area contributed by atoms with E-state index in [2.05, 4.69) is 4.90 Å². The van der Waals surface area contributed by atoms with Crippen LogP contribution in [0.2, 0.25) is 5.02 Å². The van der Waals surface area contributed by atoms with E-state index >= 15 is 0 Å². The van der Waals surface area contributed by atoms with Crippen molar-refractivity contribution in [2.75, 3.05) is 39.4 Å². The molecule has 0 saturated carbocycles.